The van der Waals surface area contributed by atoms with Crippen molar-refractivity contribution < 1.29 is 0 Å². The fourth-order valence-corrected chi connectivity index (χ4v) is 5.67. The monoisotopic (exact) mass is 472 g/mol. The number of hydrogen-bond acceptors (Lipinski definition) is 2. The van der Waals surface area contributed by atoms with E-state index in [9.17, 15) is 0 Å². The maximum atomic E-state index is 7.96. The van der Waals surface area contributed by atoms with Crippen LogP contribution in [0.15, 0.2) is 133 Å². The standard InChI is InChI=1S/C35H24N2/c36-23-25-9-4-7-16-34(25)37(26-10-2-1-3-11-26)27-19-17-24(18-20-27)28-21-22-33-30-13-6-5-12-29(30)32-15-8-14-31(28)35(32)33/h1-23,36H. The quantitative estimate of drug-likeness (QED) is 0.248. The highest BCUT2D eigenvalue weighted by Gasteiger charge is 2.22. The summed E-state index contributed by atoms with van der Waals surface area (Å²) in [4.78, 5) is 2.22. The topological polar surface area (TPSA) is 27.1 Å². The number of anilines is 3. The predicted molar refractivity (Wildman–Crippen MR) is 156 cm³/mol. The molecule has 0 amide bonds. The molecule has 0 radical (unpaired) electrons. The van der Waals surface area contributed by atoms with Crippen LogP contribution in [-0.2, 0) is 0 Å². The first-order chi connectivity index (χ1) is 18.3. The van der Waals surface area contributed by atoms with E-state index in [4.69, 9.17) is 5.41 Å². The van der Waals surface area contributed by atoms with Crippen molar-refractivity contribution in [1.29, 1.82) is 5.41 Å². The number of nitrogens with one attached hydrogen (secondary N) is 1. The summed E-state index contributed by atoms with van der Waals surface area (Å²) in [6.07, 6.45) is 1.42. The van der Waals surface area contributed by atoms with Gasteiger partial charge in [-0.15, -0.1) is 0 Å². The van der Waals surface area contributed by atoms with Crippen molar-refractivity contribution in [2.24, 2.45) is 0 Å². The summed E-state index contributed by atoms with van der Waals surface area (Å²) in [5.74, 6) is 0. The minimum atomic E-state index is 0.877. The molecule has 6 aromatic rings. The van der Waals surface area contributed by atoms with Crippen LogP contribution in [0.5, 0.6) is 0 Å². The lowest BCUT2D eigenvalue weighted by Crippen LogP contribution is -2.11. The van der Waals surface area contributed by atoms with E-state index in [1.807, 2.05) is 24.3 Å². The SMILES string of the molecule is N=Cc1ccccc1N(c1ccccc1)c1ccc(-c2ccc3c4c(cccc24)-c2ccccc2-3)cc1. The molecule has 6 aromatic carbocycles. The molecule has 0 bridgehead atoms. The average molecular weight is 473 g/mol. The Morgan fingerprint density at radius 3 is 1.81 bits per heavy atom. The highest BCUT2D eigenvalue weighted by atomic mass is 15.1. The Morgan fingerprint density at radius 1 is 0.459 bits per heavy atom. The molecule has 2 heteroatoms. The van der Waals surface area contributed by atoms with Gasteiger partial charge in [-0.1, -0.05) is 103 Å². The molecule has 0 saturated carbocycles. The minimum absolute atomic E-state index is 0.877. The van der Waals surface area contributed by atoms with Crippen LogP contribution in [0.25, 0.3) is 44.2 Å². The van der Waals surface area contributed by atoms with Gasteiger partial charge < -0.3 is 10.3 Å². The van der Waals surface area contributed by atoms with Gasteiger partial charge in [0.15, 0.2) is 0 Å². The van der Waals surface area contributed by atoms with E-state index in [0.29, 0.717) is 0 Å². The normalized spacial score (nSPS) is 11.4. The summed E-state index contributed by atoms with van der Waals surface area (Å²) >= 11 is 0. The second-order valence-electron chi connectivity index (χ2n) is 9.36. The van der Waals surface area contributed by atoms with Crippen LogP contribution in [0.3, 0.4) is 0 Å². The third kappa shape index (κ3) is 3.38. The van der Waals surface area contributed by atoms with E-state index < -0.39 is 0 Å². The van der Waals surface area contributed by atoms with Gasteiger partial charge in [0.2, 0.25) is 0 Å². The van der Waals surface area contributed by atoms with Crippen LogP contribution in [0, 0.1) is 5.41 Å². The molecular formula is C35H24N2. The minimum Gasteiger partial charge on any atom is -0.310 e. The van der Waals surface area contributed by atoms with E-state index in [-0.39, 0.29) is 0 Å². The molecule has 0 saturated heterocycles. The molecule has 0 aromatic heterocycles. The lowest BCUT2D eigenvalue weighted by atomic mass is 9.94. The first-order valence-electron chi connectivity index (χ1n) is 12.5. The Bertz CT molecular complexity index is 1750. The second-order valence-corrected chi connectivity index (χ2v) is 9.36. The van der Waals surface area contributed by atoms with Crippen molar-refractivity contribution in [3.05, 3.63) is 139 Å². The zero-order chi connectivity index (χ0) is 24.8. The number of nitrogens with zero attached hydrogens (tertiary/aromatic N) is 1. The molecule has 7 rings (SSSR count). The first-order valence-corrected chi connectivity index (χ1v) is 12.5. The number of hydrogen-bond donors (Lipinski definition) is 1. The average Bonchev–Trinajstić information content (AvgIpc) is 3.30. The molecular weight excluding hydrogens is 448 g/mol. The van der Waals surface area contributed by atoms with Crippen LogP contribution < -0.4 is 4.90 Å². The predicted octanol–water partition coefficient (Wildman–Crippen LogP) is 9.62. The van der Waals surface area contributed by atoms with Crippen LogP contribution in [-0.4, -0.2) is 6.21 Å². The van der Waals surface area contributed by atoms with Crippen molar-refractivity contribution in [1.82, 2.24) is 0 Å². The molecule has 0 aliphatic heterocycles. The first kappa shape index (κ1) is 21.3. The van der Waals surface area contributed by atoms with Gasteiger partial charge in [-0.2, -0.15) is 0 Å². The molecule has 0 unspecified atom stereocenters. The van der Waals surface area contributed by atoms with Gasteiger partial charge in [0.05, 0.1) is 5.69 Å². The Morgan fingerprint density at radius 2 is 1.05 bits per heavy atom. The van der Waals surface area contributed by atoms with Crippen LogP contribution in [0.4, 0.5) is 17.1 Å². The van der Waals surface area contributed by atoms with E-state index in [2.05, 4.69) is 114 Å². The van der Waals surface area contributed by atoms with Gasteiger partial charge in [-0.25, -0.2) is 0 Å². The van der Waals surface area contributed by atoms with Gasteiger partial charge in [-0.3, -0.25) is 0 Å². The Labute approximate surface area is 216 Å². The Hall–Kier alpha value is -4.95. The van der Waals surface area contributed by atoms with Gasteiger partial charge in [0.25, 0.3) is 0 Å². The summed E-state index contributed by atoms with van der Waals surface area (Å²) in [7, 11) is 0. The summed E-state index contributed by atoms with van der Waals surface area (Å²) in [5, 5.41) is 10.6. The zero-order valence-electron chi connectivity index (χ0n) is 20.2. The lowest BCUT2D eigenvalue weighted by Gasteiger charge is -2.27. The smallest absolute Gasteiger partial charge is 0.0549 e. The Balaban J connectivity index is 1.35. The number of fused-ring (bicyclic) bond motifs is 3. The third-order valence-corrected chi connectivity index (χ3v) is 7.33. The maximum absolute atomic E-state index is 7.96. The highest BCUT2D eigenvalue weighted by Crippen LogP contribution is 2.49. The van der Waals surface area contributed by atoms with Crippen molar-refractivity contribution in [3.63, 3.8) is 0 Å². The van der Waals surface area contributed by atoms with Crippen molar-refractivity contribution >= 4 is 34.0 Å². The molecule has 1 N–H and O–H groups in total. The fourth-order valence-electron chi connectivity index (χ4n) is 5.67. The molecule has 37 heavy (non-hydrogen) atoms. The molecule has 2 nitrogen and oxygen atoms in total. The molecule has 0 heterocycles. The van der Waals surface area contributed by atoms with Gasteiger partial charge in [0.1, 0.15) is 0 Å². The van der Waals surface area contributed by atoms with E-state index in [0.717, 1.165) is 22.6 Å². The number of benzene rings is 6. The van der Waals surface area contributed by atoms with E-state index in [1.54, 1.807) is 0 Å². The molecule has 0 spiro atoms. The summed E-state index contributed by atoms with van der Waals surface area (Å²) in [6, 6.07) is 47.1. The van der Waals surface area contributed by atoms with E-state index >= 15 is 0 Å². The van der Waals surface area contributed by atoms with E-state index in [1.165, 1.54) is 50.4 Å². The molecule has 1 aliphatic rings. The van der Waals surface area contributed by atoms with Gasteiger partial charge in [0, 0.05) is 23.2 Å². The van der Waals surface area contributed by atoms with Crippen molar-refractivity contribution in [2.75, 3.05) is 4.90 Å². The fraction of sp³-hybridized carbons (Fsp3) is 0. The lowest BCUT2D eigenvalue weighted by molar-refractivity contribution is 1.28. The third-order valence-electron chi connectivity index (χ3n) is 7.33. The molecule has 0 atom stereocenters. The maximum Gasteiger partial charge on any atom is 0.0549 e. The summed E-state index contributed by atoms with van der Waals surface area (Å²) in [5.41, 5.74) is 11.7. The van der Waals surface area contributed by atoms with Crippen LogP contribution in [0.2, 0.25) is 0 Å². The van der Waals surface area contributed by atoms with Gasteiger partial charge >= 0.3 is 0 Å². The van der Waals surface area contributed by atoms with Crippen LogP contribution >= 0.6 is 0 Å². The summed E-state index contributed by atoms with van der Waals surface area (Å²) in [6.45, 7) is 0. The van der Waals surface area contributed by atoms with Crippen molar-refractivity contribution in [2.45, 2.75) is 0 Å². The number of rotatable bonds is 5. The highest BCUT2D eigenvalue weighted by molar-refractivity contribution is 6.18. The Kier molecular flexibility index (Phi) is 4.97. The summed E-state index contributed by atoms with van der Waals surface area (Å²) < 4.78 is 0. The molecule has 1 aliphatic carbocycles. The molecule has 0 fully saturated rings. The molecule has 174 valence electrons. The largest absolute Gasteiger partial charge is 0.310 e. The second kappa shape index (κ2) is 8.61. The zero-order valence-corrected chi connectivity index (χ0v) is 20.2. The number of para-hydroxylation sites is 2. The van der Waals surface area contributed by atoms with Gasteiger partial charge in [-0.05, 0) is 74.5 Å². The van der Waals surface area contributed by atoms with Crippen molar-refractivity contribution in [3.8, 4) is 33.4 Å². The van der Waals surface area contributed by atoms with Crippen LogP contribution in [0.1, 0.15) is 5.56 Å².